The van der Waals surface area contributed by atoms with Gasteiger partial charge in [-0.3, -0.25) is 101 Å². The molecule has 0 radical (unpaired) electrons. The summed E-state index contributed by atoms with van der Waals surface area (Å²) in [5.41, 5.74) is 51.4. The summed E-state index contributed by atoms with van der Waals surface area (Å²) < 4.78 is 0. The van der Waals surface area contributed by atoms with Crippen LogP contribution in [0.25, 0.3) is 0 Å². The number of nitrogens with two attached hydrogens (primary N) is 9. The predicted octanol–water partition coefficient (Wildman–Crippen LogP) is -8.53. The highest BCUT2D eigenvalue weighted by Gasteiger charge is 2.41. The second kappa shape index (κ2) is 58.9. The van der Waals surface area contributed by atoms with Gasteiger partial charge in [0.25, 0.3) is 0 Å². The molecule has 0 bridgehead atoms. The van der Waals surface area contributed by atoms with Crippen molar-refractivity contribution in [3.8, 4) is 5.75 Å². The fourth-order valence-corrected chi connectivity index (χ4v) is 14.1. The van der Waals surface area contributed by atoms with Gasteiger partial charge >= 0.3 is 0 Å². The van der Waals surface area contributed by atoms with Crippen molar-refractivity contribution in [2.45, 2.75) is 269 Å². The minimum atomic E-state index is -1.95. The fourth-order valence-electron chi connectivity index (χ4n) is 13.4. The van der Waals surface area contributed by atoms with E-state index in [-0.39, 0.29) is 132 Å². The quantitative estimate of drug-likeness (QED) is 0.0142. The molecule has 3 aromatic rings. The van der Waals surface area contributed by atoms with Crippen molar-refractivity contribution in [2.75, 3.05) is 26.2 Å². The van der Waals surface area contributed by atoms with Crippen molar-refractivity contribution in [1.82, 2.24) is 89.7 Å². The van der Waals surface area contributed by atoms with Gasteiger partial charge in [0, 0.05) is 58.4 Å². The third kappa shape index (κ3) is 44.5. The topological polar surface area (TPSA) is 848 Å². The zero-order valence-electron chi connectivity index (χ0n) is 77.8. The molecule has 0 aliphatic carbocycles. The van der Waals surface area contributed by atoms with Crippen LogP contribution < -0.4 is 131 Å². The molecule has 2 aromatic heterocycles. The minimum Gasteiger partial charge on any atom is -0.508 e. The molecule has 18 amide bonds. The van der Waals surface area contributed by atoms with Gasteiger partial charge in [-0.2, -0.15) is 11.3 Å². The third-order valence-electron chi connectivity index (χ3n) is 20.3. The summed E-state index contributed by atoms with van der Waals surface area (Å²) in [6.07, 6.45) is -2.81. The Morgan fingerprint density at radius 2 is 0.748 bits per heavy atom. The van der Waals surface area contributed by atoms with E-state index in [0.29, 0.717) is 11.1 Å². The SMILES string of the molecule is CC(=O)N[C@@H](C)C(=O)N[C@@H](CO)C(=O)N[C@@H](CC(C)C)C(=O)N[C@@H](CCCN=C(N)N)C(=O)N[C@@H](Cc1c[nH]cn1)C(=O)N[C@H](Cc1ccsc1)C(=O)N[C@@H](CC(C)C)C(=O)N[C@@H](CC(N)=O)C(=O)N[C@@H](CC(C)C)C(=O)N[C@H](C(=O)N[C@H](C(=O)N[C@@H](CCCN=C(N)N)C(=O)N[C@@H](CCC(N)=O)C(=O)N[C@@H](CCCN=C(N)N)C(=O)N[C@@H](Cc1ccc(O)cc1)C(N)=O)[C@@H](C)O)C(C)C. The molecule has 1 aromatic carbocycles. The van der Waals surface area contributed by atoms with Gasteiger partial charge in [-0.25, -0.2) is 4.98 Å². The number of H-pyrrole nitrogens is 1. The number of carbonyl (C=O) groups excluding carboxylic acids is 18. The number of aliphatic hydroxyl groups excluding tert-OH is 2. The molecule has 135 heavy (non-hydrogen) atoms. The Balaban J connectivity index is 2.00. The number of carbonyl (C=O) groups is 18. The number of nitrogens with zero attached hydrogens (tertiary/aromatic N) is 4. The van der Waals surface area contributed by atoms with Crippen molar-refractivity contribution in [3.05, 3.63) is 70.4 Å². The Bertz CT molecular complexity index is 4540. The number of nitrogens with one attached hydrogen (secondary N) is 16. The number of thiophene rings is 1. The van der Waals surface area contributed by atoms with E-state index in [4.69, 9.17) is 51.6 Å². The number of aromatic nitrogens is 2. The number of aromatic hydroxyl groups is 1. The molecule has 0 aliphatic heterocycles. The Morgan fingerprint density at radius 3 is 1.13 bits per heavy atom. The van der Waals surface area contributed by atoms with E-state index in [0.717, 1.165) is 6.92 Å². The summed E-state index contributed by atoms with van der Waals surface area (Å²) in [7, 11) is 0. The summed E-state index contributed by atoms with van der Waals surface area (Å²) in [5.74, 6) is -21.0. The number of rotatable bonds is 62. The Morgan fingerprint density at radius 1 is 0.393 bits per heavy atom. The van der Waals surface area contributed by atoms with E-state index < -0.39 is 247 Å². The molecule has 0 unspecified atom stereocenters. The summed E-state index contributed by atoms with van der Waals surface area (Å²) >= 11 is 1.24. The summed E-state index contributed by atoms with van der Waals surface area (Å²) in [5, 5.41) is 72.4. The third-order valence-corrected chi connectivity index (χ3v) is 21.1. The van der Waals surface area contributed by atoms with Gasteiger partial charge in [0.05, 0.1) is 31.2 Å². The van der Waals surface area contributed by atoms with E-state index in [1.54, 1.807) is 58.4 Å². The molecule has 2 heterocycles. The van der Waals surface area contributed by atoms with Crippen LogP contribution in [0, 0.1) is 23.7 Å². The number of aliphatic hydroxyl groups is 2. The van der Waals surface area contributed by atoms with Crippen LogP contribution in [0.5, 0.6) is 5.75 Å². The number of aliphatic imine (C=N–C) groups is 3. The van der Waals surface area contributed by atoms with Crippen molar-refractivity contribution < 1.29 is 102 Å². The molecule has 750 valence electrons. The van der Waals surface area contributed by atoms with Crippen LogP contribution in [0.3, 0.4) is 0 Å². The first-order valence-electron chi connectivity index (χ1n) is 44.0. The van der Waals surface area contributed by atoms with E-state index in [9.17, 15) is 102 Å². The van der Waals surface area contributed by atoms with Crippen LogP contribution in [0.1, 0.15) is 170 Å². The first-order chi connectivity index (χ1) is 63.4. The molecule has 16 atom stereocenters. The molecule has 0 spiro atoms. The largest absolute Gasteiger partial charge is 0.508 e. The number of phenols is 1. The first kappa shape index (κ1) is 115. The lowest BCUT2D eigenvalue weighted by Crippen LogP contribution is -2.63. The zero-order valence-corrected chi connectivity index (χ0v) is 78.6. The summed E-state index contributed by atoms with van der Waals surface area (Å²) in [6, 6.07) is -16.4. The Labute approximate surface area is 785 Å². The molecular weight excluding hydrogens is 1780 g/mol. The van der Waals surface area contributed by atoms with Crippen LogP contribution in [-0.2, 0) is 106 Å². The Kier molecular flexibility index (Phi) is 50.3. The van der Waals surface area contributed by atoms with E-state index in [1.165, 1.54) is 75.8 Å². The molecular formula is C84H137N29O21S. The van der Waals surface area contributed by atoms with E-state index >= 15 is 0 Å². The van der Waals surface area contributed by atoms with Crippen LogP contribution >= 0.6 is 11.3 Å². The smallest absolute Gasteiger partial charge is 0.245 e. The first-order valence-corrected chi connectivity index (χ1v) is 44.9. The number of hydrogen-bond donors (Lipinski definition) is 28. The molecule has 0 aliphatic rings. The lowest BCUT2D eigenvalue weighted by atomic mass is 9.98. The standard InChI is InChI=1S/C84H137N29O21S/c1-40(2)29-56(107-79(132)62(37-114)111-68(121)44(9)99-46(11)116)73(126)101-52(16-13-26-96-83(90)91)71(124)109-60(34-49-36-94-39-98-49)76(129)108-59(33-48-24-28-135-38-48)75(128)105-57(30-41(3)4)74(127)110-61(35-64(86)119)77(130)106-58(31-42(5)6)78(131)112-65(43(7)8)80(133)113-66(45(10)115)81(134)103-53(17-14-27-97-84(92)93)69(122)102-54(22-23-63(85)118)72(125)100-51(15-12-25-95-82(88)89)70(123)104-55(67(87)120)32-47-18-20-50(117)21-19-47/h18-21,24,28,36,38-45,51-62,65-66,114-115,117H,12-17,22-23,25-27,29-35,37H2,1-11H3,(H2,85,118)(H2,86,119)(H2,87,120)(H,94,98)(H,99,116)(H,100,125)(H,101,126)(H,102,122)(H,103,134)(H,104,123)(H,105,128)(H,106,130)(H,107,132)(H,108,129)(H,109,124)(H,110,127)(H,111,121)(H,112,131)(H,113,133)(H4,88,89,95)(H4,90,91,96)(H4,92,93,97)/t44-,45+,51-,52-,53-,54-,55-,56-,57-,58-,59+,60-,61-,62-,65-,66-/m0/s1. The van der Waals surface area contributed by atoms with Gasteiger partial charge < -0.3 is 152 Å². The van der Waals surface area contributed by atoms with Crippen LogP contribution in [0.4, 0.5) is 0 Å². The number of primary amides is 3. The molecule has 0 fully saturated rings. The fraction of sp³-hybridized carbons (Fsp3) is 0.595. The van der Waals surface area contributed by atoms with Gasteiger partial charge in [0.1, 0.15) is 96.4 Å². The summed E-state index contributed by atoms with van der Waals surface area (Å²) in [6.45, 7) is 15.6. The second-order valence-electron chi connectivity index (χ2n) is 34.1. The average molecular weight is 1920 g/mol. The lowest BCUT2D eigenvalue weighted by Gasteiger charge is -2.30. The number of aromatic amines is 1. The molecule has 0 saturated carbocycles. The highest BCUT2D eigenvalue weighted by molar-refractivity contribution is 7.08. The van der Waals surface area contributed by atoms with Gasteiger partial charge in [-0.15, -0.1) is 0 Å². The average Bonchev–Trinajstić information content (AvgIpc) is 1.81. The number of imidazole rings is 1. The lowest BCUT2D eigenvalue weighted by molar-refractivity contribution is -0.138. The maximum atomic E-state index is 15.0. The van der Waals surface area contributed by atoms with Crippen molar-refractivity contribution in [1.29, 1.82) is 0 Å². The monoisotopic (exact) mass is 1920 g/mol. The van der Waals surface area contributed by atoms with Crippen LogP contribution in [-0.4, -0.2) is 272 Å². The van der Waals surface area contributed by atoms with Gasteiger partial charge in [0.2, 0.25) is 106 Å². The van der Waals surface area contributed by atoms with E-state index in [1.807, 2.05) is 0 Å². The second-order valence-corrected chi connectivity index (χ2v) is 34.9. The zero-order chi connectivity index (χ0) is 102. The van der Waals surface area contributed by atoms with Crippen molar-refractivity contribution in [2.24, 2.45) is 90.3 Å². The summed E-state index contributed by atoms with van der Waals surface area (Å²) in [4.78, 5) is 270. The number of hydrogen-bond acceptors (Lipinski definition) is 26. The Hall–Kier alpha value is -13.9. The molecule has 50 nitrogen and oxygen atoms in total. The van der Waals surface area contributed by atoms with Gasteiger partial charge in [-0.05, 0) is 142 Å². The van der Waals surface area contributed by atoms with E-state index in [2.05, 4.69) is 105 Å². The highest BCUT2D eigenvalue weighted by atomic mass is 32.1. The normalized spacial score (nSPS) is 14.7. The predicted molar refractivity (Wildman–Crippen MR) is 496 cm³/mol. The maximum absolute atomic E-state index is 15.0. The van der Waals surface area contributed by atoms with Crippen molar-refractivity contribution in [3.63, 3.8) is 0 Å². The molecule has 3 rings (SSSR count). The molecule has 0 saturated heterocycles. The minimum absolute atomic E-state index is 0.0443. The number of guanidine groups is 3. The van der Waals surface area contributed by atoms with Gasteiger partial charge in [-0.1, -0.05) is 67.5 Å². The van der Waals surface area contributed by atoms with Crippen LogP contribution in [0.15, 0.2) is 68.6 Å². The van der Waals surface area contributed by atoms with Crippen molar-refractivity contribution >= 4 is 136 Å². The number of phenolic OH excluding ortho intramolecular Hbond substituents is 1. The molecule has 37 N–H and O–H groups in total. The van der Waals surface area contributed by atoms with Gasteiger partial charge in [0.15, 0.2) is 17.9 Å². The number of benzene rings is 1. The molecule has 51 heteroatoms. The number of amides is 18. The van der Waals surface area contributed by atoms with Crippen LogP contribution in [0.2, 0.25) is 0 Å². The maximum Gasteiger partial charge on any atom is 0.245 e. The highest BCUT2D eigenvalue weighted by Crippen LogP contribution is 2.19.